The molecule has 9 nitrogen and oxygen atoms in total. The van der Waals surface area contributed by atoms with E-state index in [0.717, 1.165) is 35.8 Å². The molecular formula is C21H30N4O5S. The van der Waals surface area contributed by atoms with Crippen LogP contribution in [-0.4, -0.2) is 55.0 Å². The highest BCUT2D eigenvalue weighted by Gasteiger charge is 2.11. The van der Waals surface area contributed by atoms with Crippen molar-refractivity contribution in [2.75, 3.05) is 40.0 Å². The number of benzene rings is 1. The molecule has 31 heavy (non-hydrogen) atoms. The summed E-state index contributed by atoms with van der Waals surface area (Å²) in [5.74, 6) is 4.18. The van der Waals surface area contributed by atoms with Gasteiger partial charge in [-0.05, 0) is 43.9 Å². The van der Waals surface area contributed by atoms with E-state index in [1.54, 1.807) is 43.1 Å². The number of methoxy groups -OCH3 is 1. The summed E-state index contributed by atoms with van der Waals surface area (Å²) in [6, 6.07) is 11.0. The summed E-state index contributed by atoms with van der Waals surface area (Å²) >= 11 is 1.67. The lowest BCUT2D eigenvalue weighted by atomic mass is 10.1. The largest absolute Gasteiger partial charge is 0.497 e. The third kappa shape index (κ3) is 9.33. The van der Waals surface area contributed by atoms with Crippen molar-refractivity contribution < 1.29 is 19.2 Å². The zero-order valence-corrected chi connectivity index (χ0v) is 18.9. The van der Waals surface area contributed by atoms with Crippen LogP contribution in [0.15, 0.2) is 52.8 Å². The zero-order valence-electron chi connectivity index (χ0n) is 18.0. The number of aliphatic hydroxyl groups excluding tert-OH is 1. The SMILES string of the molecule is COc1cccc(C(O)CN/C(=C\[N+](=O)[O-])NCCSCc2ccc(CN(C)C)o2)c1. The van der Waals surface area contributed by atoms with Gasteiger partial charge in [-0.25, -0.2) is 0 Å². The summed E-state index contributed by atoms with van der Waals surface area (Å²) in [7, 11) is 5.53. The predicted octanol–water partition coefficient (Wildman–Crippen LogP) is 2.57. The van der Waals surface area contributed by atoms with Gasteiger partial charge in [-0.1, -0.05) is 12.1 Å². The van der Waals surface area contributed by atoms with Crippen molar-refractivity contribution >= 4 is 11.8 Å². The lowest BCUT2D eigenvalue weighted by Gasteiger charge is -2.16. The minimum Gasteiger partial charge on any atom is -0.497 e. The fourth-order valence-electron chi connectivity index (χ4n) is 2.76. The van der Waals surface area contributed by atoms with Crippen molar-refractivity contribution in [2.24, 2.45) is 0 Å². The van der Waals surface area contributed by atoms with Gasteiger partial charge in [0.15, 0.2) is 5.82 Å². The van der Waals surface area contributed by atoms with Crippen LogP contribution in [-0.2, 0) is 12.3 Å². The van der Waals surface area contributed by atoms with Crippen molar-refractivity contribution in [3.63, 3.8) is 0 Å². The molecule has 0 spiro atoms. The van der Waals surface area contributed by atoms with E-state index in [0.29, 0.717) is 17.9 Å². The second kappa shape index (κ2) is 12.9. The van der Waals surface area contributed by atoms with E-state index in [-0.39, 0.29) is 12.4 Å². The summed E-state index contributed by atoms with van der Waals surface area (Å²) in [5, 5.41) is 27.2. The first-order valence-electron chi connectivity index (χ1n) is 9.82. The maximum atomic E-state index is 10.9. The normalized spacial score (nSPS) is 12.6. The van der Waals surface area contributed by atoms with Gasteiger partial charge in [-0.15, -0.1) is 0 Å². The first-order valence-corrected chi connectivity index (χ1v) is 11.0. The molecule has 0 aliphatic carbocycles. The summed E-state index contributed by atoms with van der Waals surface area (Å²) in [6.07, 6.45) is 0.0278. The Balaban J connectivity index is 1.75. The topological polar surface area (TPSA) is 113 Å². The third-order valence-corrected chi connectivity index (χ3v) is 5.18. The summed E-state index contributed by atoms with van der Waals surface area (Å²) in [6.45, 7) is 1.40. The van der Waals surface area contributed by atoms with Crippen LogP contribution >= 0.6 is 11.8 Å². The van der Waals surface area contributed by atoms with Crippen molar-refractivity contribution in [3.8, 4) is 5.75 Å². The van der Waals surface area contributed by atoms with Crippen LogP contribution < -0.4 is 15.4 Å². The smallest absolute Gasteiger partial charge is 0.274 e. The average Bonchev–Trinajstić information content (AvgIpc) is 3.17. The molecule has 2 rings (SSSR count). The second-order valence-electron chi connectivity index (χ2n) is 7.09. The molecule has 1 aromatic heterocycles. The number of nitrogens with zero attached hydrogens (tertiary/aromatic N) is 2. The highest BCUT2D eigenvalue weighted by molar-refractivity contribution is 7.98. The number of nitro groups is 1. The van der Waals surface area contributed by atoms with E-state index < -0.39 is 11.0 Å². The number of aliphatic hydroxyl groups is 1. The molecular weight excluding hydrogens is 420 g/mol. The first-order chi connectivity index (χ1) is 14.9. The van der Waals surface area contributed by atoms with Gasteiger partial charge in [0, 0.05) is 18.8 Å². The van der Waals surface area contributed by atoms with E-state index in [9.17, 15) is 15.2 Å². The number of ether oxygens (including phenoxy) is 1. The molecule has 1 heterocycles. The van der Waals surface area contributed by atoms with Crippen molar-refractivity contribution in [1.82, 2.24) is 15.5 Å². The van der Waals surface area contributed by atoms with Gasteiger partial charge in [-0.2, -0.15) is 11.8 Å². The average molecular weight is 451 g/mol. The summed E-state index contributed by atoms with van der Waals surface area (Å²) in [4.78, 5) is 12.4. The number of thioether (sulfide) groups is 1. The van der Waals surface area contributed by atoms with Crippen LogP contribution in [0.1, 0.15) is 23.2 Å². The van der Waals surface area contributed by atoms with Gasteiger partial charge in [0.05, 0.1) is 30.4 Å². The number of hydrogen-bond acceptors (Lipinski definition) is 9. The maximum Gasteiger partial charge on any atom is 0.274 e. The molecule has 0 saturated carbocycles. The highest BCUT2D eigenvalue weighted by Crippen LogP contribution is 2.19. The monoisotopic (exact) mass is 450 g/mol. The molecule has 0 saturated heterocycles. The Bertz CT molecular complexity index is 856. The van der Waals surface area contributed by atoms with Crippen molar-refractivity contribution in [2.45, 2.75) is 18.4 Å². The lowest BCUT2D eigenvalue weighted by Crippen LogP contribution is -2.31. The zero-order chi connectivity index (χ0) is 22.6. The van der Waals surface area contributed by atoms with Gasteiger partial charge >= 0.3 is 0 Å². The van der Waals surface area contributed by atoms with E-state index in [2.05, 4.69) is 10.6 Å². The van der Waals surface area contributed by atoms with Crippen LogP contribution in [0.4, 0.5) is 0 Å². The predicted molar refractivity (Wildman–Crippen MR) is 121 cm³/mol. The Morgan fingerprint density at radius 1 is 1.32 bits per heavy atom. The fraction of sp³-hybridized carbons (Fsp3) is 0.429. The first kappa shape index (κ1) is 24.6. The standard InChI is InChI=1S/C21H30N4O5S/c1-24(2)13-18-7-8-19(30-18)15-31-10-9-22-21(14-25(27)28)23-12-20(26)16-5-4-6-17(11-16)29-3/h4-8,11,14,20,22-23,26H,9-10,12-13,15H2,1-3H3/b21-14-. The van der Waals surface area contributed by atoms with Gasteiger partial charge in [0.25, 0.3) is 6.20 Å². The van der Waals surface area contributed by atoms with Crippen LogP contribution in [0, 0.1) is 10.1 Å². The van der Waals surface area contributed by atoms with Crippen molar-refractivity contribution in [3.05, 3.63) is 75.6 Å². The Labute approximate surface area is 186 Å². The number of nitrogens with one attached hydrogen (secondary N) is 2. The molecule has 3 N–H and O–H groups in total. The quantitative estimate of drug-likeness (QED) is 0.227. The van der Waals surface area contributed by atoms with Gasteiger partial charge in [0.1, 0.15) is 17.3 Å². The lowest BCUT2D eigenvalue weighted by molar-refractivity contribution is -0.404. The second-order valence-corrected chi connectivity index (χ2v) is 8.19. The van der Waals surface area contributed by atoms with Crippen LogP contribution in [0.2, 0.25) is 0 Å². The Hall–Kier alpha value is -2.69. The van der Waals surface area contributed by atoms with Gasteiger partial charge in [0.2, 0.25) is 0 Å². The van der Waals surface area contributed by atoms with Crippen LogP contribution in [0.5, 0.6) is 5.75 Å². The molecule has 170 valence electrons. The molecule has 0 fully saturated rings. The highest BCUT2D eigenvalue weighted by atomic mass is 32.2. The van der Waals surface area contributed by atoms with Crippen molar-refractivity contribution in [1.29, 1.82) is 0 Å². The van der Waals surface area contributed by atoms with E-state index in [4.69, 9.17) is 9.15 Å². The Kier molecular flexibility index (Phi) is 10.2. The molecule has 0 amide bonds. The molecule has 10 heteroatoms. The van der Waals surface area contributed by atoms with E-state index in [1.165, 1.54) is 0 Å². The van der Waals surface area contributed by atoms with Crippen LogP contribution in [0.25, 0.3) is 0 Å². The molecule has 2 aromatic rings. The summed E-state index contributed by atoms with van der Waals surface area (Å²) in [5.41, 5.74) is 0.662. The molecule has 0 radical (unpaired) electrons. The fourth-order valence-corrected chi connectivity index (χ4v) is 3.51. The molecule has 0 bridgehead atoms. The van der Waals surface area contributed by atoms with Crippen LogP contribution in [0.3, 0.4) is 0 Å². The maximum absolute atomic E-state index is 10.9. The number of rotatable bonds is 14. The molecule has 1 aromatic carbocycles. The third-order valence-electron chi connectivity index (χ3n) is 4.19. The van der Waals surface area contributed by atoms with E-state index >= 15 is 0 Å². The molecule has 0 aliphatic rings. The Morgan fingerprint density at radius 3 is 2.81 bits per heavy atom. The van der Waals surface area contributed by atoms with Gasteiger partial charge < -0.3 is 29.8 Å². The minimum atomic E-state index is -0.836. The Morgan fingerprint density at radius 2 is 2.10 bits per heavy atom. The van der Waals surface area contributed by atoms with E-state index in [1.807, 2.05) is 31.1 Å². The minimum absolute atomic E-state index is 0.119. The summed E-state index contributed by atoms with van der Waals surface area (Å²) < 4.78 is 10.9. The molecule has 1 atom stereocenters. The number of hydrogen-bond donors (Lipinski definition) is 3. The number of furan rings is 1. The molecule has 1 unspecified atom stereocenters. The van der Waals surface area contributed by atoms with Gasteiger partial charge in [-0.3, -0.25) is 10.1 Å². The molecule has 0 aliphatic heterocycles.